The number of carbonyl (C=O) groups is 3. The van der Waals surface area contributed by atoms with Crippen molar-refractivity contribution in [3.05, 3.63) is 59.7 Å². The first-order chi connectivity index (χ1) is 13.4. The Kier molecular flexibility index (Phi) is 7.56. The molecule has 2 aromatic carbocycles. The molecule has 28 heavy (non-hydrogen) atoms. The van der Waals surface area contributed by atoms with Crippen molar-refractivity contribution >= 4 is 23.4 Å². The number of anilines is 1. The first kappa shape index (κ1) is 21.0. The second-order valence-electron chi connectivity index (χ2n) is 6.40. The molecule has 3 amide bonds. The summed E-state index contributed by atoms with van der Waals surface area (Å²) in [5.74, 6) is -0.652. The first-order valence-corrected chi connectivity index (χ1v) is 8.98. The molecule has 0 saturated carbocycles. The van der Waals surface area contributed by atoms with E-state index in [2.05, 4.69) is 16.0 Å². The molecule has 1 atom stereocenters. The van der Waals surface area contributed by atoms with Gasteiger partial charge in [-0.1, -0.05) is 30.3 Å². The van der Waals surface area contributed by atoms with Gasteiger partial charge in [0, 0.05) is 5.69 Å². The van der Waals surface area contributed by atoms with E-state index < -0.39 is 17.9 Å². The van der Waals surface area contributed by atoms with Gasteiger partial charge in [-0.15, -0.1) is 0 Å². The summed E-state index contributed by atoms with van der Waals surface area (Å²) in [6.07, 6.45) is 0. The summed E-state index contributed by atoms with van der Waals surface area (Å²) in [6.45, 7) is 5.03. The smallest absolute Gasteiger partial charge is 0.258 e. The van der Waals surface area contributed by atoms with Crippen LogP contribution < -0.4 is 20.7 Å². The van der Waals surface area contributed by atoms with E-state index >= 15 is 0 Å². The van der Waals surface area contributed by atoms with Crippen molar-refractivity contribution in [3.8, 4) is 5.75 Å². The Balaban J connectivity index is 1.73. The molecule has 0 aliphatic carbocycles. The van der Waals surface area contributed by atoms with Crippen molar-refractivity contribution in [2.75, 3.05) is 18.5 Å². The van der Waals surface area contributed by atoms with E-state index in [0.717, 1.165) is 11.1 Å². The highest BCUT2D eigenvalue weighted by Crippen LogP contribution is 2.17. The highest BCUT2D eigenvalue weighted by atomic mass is 16.5. The Labute approximate surface area is 164 Å². The van der Waals surface area contributed by atoms with Crippen LogP contribution in [-0.4, -0.2) is 36.9 Å². The van der Waals surface area contributed by atoms with Gasteiger partial charge in [0.15, 0.2) is 6.61 Å². The van der Waals surface area contributed by atoms with Gasteiger partial charge < -0.3 is 20.7 Å². The van der Waals surface area contributed by atoms with Gasteiger partial charge in [0.05, 0.1) is 6.54 Å². The summed E-state index contributed by atoms with van der Waals surface area (Å²) in [7, 11) is 0. The zero-order chi connectivity index (χ0) is 20.5. The maximum Gasteiger partial charge on any atom is 0.258 e. The lowest BCUT2D eigenvalue weighted by molar-refractivity contribution is -0.130. The molecule has 7 nitrogen and oxygen atoms in total. The summed E-state index contributed by atoms with van der Waals surface area (Å²) in [5, 5.41) is 7.80. The Morgan fingerprint density at radius 3 is 2.39 bits per heavy atom. The molecule has 2 rings (SSSR count). The first-order valence-electron chi connectivity index (χ1n) is 8.98. The normalized spacial score (nSPS) is 11.2. The van der Waals surface area contributed by atoms with Crippen LogP contribution in [0.15, 0.2) is 48.5 Å². The maximum absolute atomic E-state index is 12.1. The van der Waals surface area contributed by atoms with Crippen LogP contribution in [0.2, 0.25) is 0 Å². The fraction of sp³-hybridized carbons (Fsp3) is 0.286. The van der Waals surface area contributed by atoms with E-state index in [4.69, 9.17) is 4.74 Å². The maximum atomic E-state index is 12.1. The lowest BCUT2D eigenvalue weighted by Crippen LogP contribution is -2.47. The molecular formula is C21H25N3O4. The van der Waals surface area contributed by atoms with Crippen LogP contribution in [0.5, 0.6) is 5.75 Å². The molecular weight excluding hydrogens is 358 g/mol. The number of para-hydroxylation sites is 1. The molecule has 7 heteroatoms. The molecule has 0 aliphatic rings. The Hall–Kier alpha value is -3.35. The van der Waals surface area contributed by atoms with Crippen molar-refractivity contribution in [2.24, 2.45) is 0 Å². The molecule has 0 unspecified atom stereocenters. The van der Waals surface area contributed by atoms with E-state index in [1.165, 1.54) is 0 Å². The SMILES string of the molecule is Cc1cccc(NC(=O)CNC(=O)[C@@H](C)NC(=O)COc2ccccc2)c1C. The largest absolute Gasteiger partial charge is 0.484 e. The van der Waals surface area contributed by atoms with Gasteiger partial charge >= 0.3 is 0 Å². The molecule has 0 saturated heterocycles. The third kappa shape index (κ3) is 6.42. The predicted octanol–water partition coefficient (Wildman–Crippen LogP) is 1.94. The predicted molar refractivity (Wildman–Crippen MR) is 107 cm³/mol. The van der Waals surface area contributed by atoms with Crippen molar-refractivity contribution in [3.63, 3.8) is 0 Å². The molecule has 0 bridgehead atoms. The van der Waals surface area contributed by atoms with E-state index in [1.807, 2.05) is 32.0 Å². The number of hydrogen-bond donors (Lipinski definition) is 3. The average molecular weight is 383 g/mol. The summed E-state index contributed by atoms with van der Waals surface area (Å²) < 4.78 is 5.33. The number of rotatable bonds is 8. The summed E-state index contributed by atoms with van der Waals surface area (Å²) in [4.78, 5) is 36.0. The number of carbonyl (C=O) groups excluding carboxylic acids is 3. The van der Waals surface area contributed by atoms with E-state index in [9.17, 15) is 14.4 Å². The van der Waals surface area contributed by atoms with Crippen LogP contribution in [0.1, 0.15) is 18.1 Å². The monoisotopic (exact) mass is 383 g/mol. The molecule has 0 aliphatic heterocycles. The highest BCUT2D eigenvalue weighted by Gasteiger charge is 2.17. The second kappa shape index (κ2) is 10.1. The van der Waals surface area contributed by atoms with Gasteiger partial charge in [-0.05, 0) is 50.1 Å². The average Bonchev–Trinajstić information content (AvgIpc) is 2.68. The summed E-state index contributed by atoms with van der Waals surface area (Å²) >= 11 is 0. The van der Waals surface area contributed by atoms with Crippen molar-refractivity contribution in [2.45, 2.75) is 26.8 Å². The lowest BCUT2D eigenvalue weighted by atomic mass is 10.1. The molecule has 0 spiro atoms. The van der Waals surface area contributed by atoms with Gasteiger partial charge in [-0.3, -0.25) is 14.4 Å². The fourth-order valence-corrected chi connectivity index (χ4v) is 2.42. The third-order valence-electron chi connectivity index (χ3n) is 4.19. The van der Waals surface area contributed by atoms with Crippen LogP contribution in [0.25, 0.3) is 0 Å². The van der Waals surface area contributed by atoms with Gasteiger partial charge in [0.2, 0.25) is 11.8 Å². The van der Waals surface area contributed by atoms with Gasteiger partial charge in [0.1, 0.15) is 11.8 Å². The van der Waals surface area contributed by atoms with Crippen molar-refractivity contribution < 1.29 is 19.1 Å². The number of hydrogen-bond acceptors (Lipinski definition) is 4. The van der Waals surface area contributed by atoms with Gasteiger partial charge in [0.25, 0.3) is 5.91 Å². The molecule has 0 heterocycles. The Morgan fingerprint density at radius 1 is 0.964 bits per heavy atom. The van der Waals surface area contributed by atoms with Crippen molar-refractivity contribution in [1.29, 1.82) is 0 Å². The Morgan fingerprint density at radius 2 is 1.68 bits per heavy atom. The lowest BCUT2D eigenvalue weighted by Gasteiger charge is -2.15. The third-order valence-corrected chi connectivity index (χ3v) is 4.19. The number of ether oxygens (including phenoxy) is 1. The number of nitrogens with one attached hydrogen (secondary N) is 3. The number of aryl methyl sites for hydroxylation is 1. The minimum Gasteiger partial charge on any atom is -0.484 e. The van der Waals surface area contributed by atoms with Crippen LogP contribution in [0.3, 0.4) is 0 Å². The topological polar surface area (TPSA) is 96.5 Å². The second-order valence-corrected chi connectivity index (χ2v) is 6.40. The van der Waals surface area contributed by atoms with E-state index in [-0.39, 0.29) is 19.1 Å². The molecule has 0 aromatic heterocycles. The summed E-state index contributed by atoms with van der Waals surface area (Å²) in [5.41, 5.74) is 2.75. The minimum absolute atomic E-state index is 0.188. The Bertz CT molecular complexity index is 837. The summed E-state index contributed by atoms with van der Waals surface area (Å²) in [6, 6.07) is 13.7. The molecule has 0 fully saturated rings. The van der Waals surface area contributed by atoms with Gasteiger partial charge in [-0.25, -0.2) is 0 Å². The van der Waals surface area contributed by atoms with Crippen LogP contribution in [-0.2, 0) is 14.4 Å². The molecule has 3 N–H and O–H groups in total. The zero-order valence-corrected chi connectivity index (χ0v) is 16.2. The number of amides is 3. The highest BCUT2D eigenvalue weighted by molar-refractivity contribution is 5.96. The van der Waals surface area contributed by atoms with E-state index in [1.54, 1.807) is 37.3 Å². The standard InChI is InChI=1S/C21H25N3O4/c1-14-8-7-11-18(15(14)2)24-19(25)12-22-21(27)16(3)23-20(26)13-28-17-9-5-4-6-10-17/h4-11,16H,12-13H2,1-3H3,(H,22,27)(H,23,26)(H,24,25)/t16-/m1/s1. The zero-order valence-electron chi connectivity index (χ0n) is 16.2. The fourth-order valence-electron chi connectivity index (χ4n) is 2.42. The van der Waals surface area contributed by atoms with Crippen LogP contribution in [0, 0.1) is 13.8 Å². The minimum atomic E-state index is -0.791. The van der Waals surface area contributed by atoms with Crippen molar-refractivity contribution in [1.82, 2.24) is 10.6 Å². The van der Waals surface area contributed by atoms with Gasteiger partial charge in [-0.2, -0.15) is 0 Å². The van der Waals surface area contributed by atoms with Crippen LogP contribution >= 0.6 is 0 Å². The molecule has 148 valence electrons. The molecule has 2 aromatic rings. The quantitative estimate of drug-likeness (QED) is 0.649. The molecule has 0 radical (unpaired) electrons. The number of benzene rings is 2. The van der Waals surface area contributed by atoms with E-state index in [0.29, 0.717) is 11.4 Å². The van der Waals surface area contributed by atoms with Crippen LogP contribution in [0.4, 0.5) is 5.69 Å².